The van der Waals surface area contributed by atoms with Gasteiger partial charge in [-0.05, 0) is 60.7 Å². The third-order valence-electron chi connectivity index (χ3n) is 5.94. The number of nitrogens with one attached hydrogen (secondary N) is 1. The highest BCUT2D eigenvalue weighted by molar-refractivity contribution is 7.80. The van der Waals surface area contributed by atoms with Gasteiger partial charge in [0, 0.05) is 23.5 Å². The molecule has 1 aliphatic heterocycles. The zero-order chi connectivity index (χ0) is 24.4. The van der Waals surface area contributed by atoms with E-state index in [1.54, 1.807) is 25.4 Å². The summed E-state index contributed by atoms with van der Waals surface area (Å²) in [6.45, 7) is 0. The predicted molar refractivity (Wildman–Crippen MR) is 136 cm³/mol. The molecule has 1 fully saturated rings. The third kappa shape index (κ3) is 4.36. The van der Waals surface area contributed by atoms with Gasteiger partial charge >= 0.3 is 5.97 Å². The lowest BCUT2D eigenvalue weighted by Crippen LogP contribution is -2.29. The summed E-state index contributed by atoms with van der Waals surface area (Å²) in [5.74, 6) is 1.76. The van der Waals surface area contributed by atoms with Crippen LogP contribution in [0.25, 0.3) is 11.3 Å². The van der Waals surface area contributed by atoms with Crippen LogP contribution in [0.5, 0.6) is 5.75 Å². The minimum atomic E-state index is -0.380. The zero-order valence-electron chi connectivity index (χ0n) is 19.2. The number of pyridine rings is 1. The Labute approximate surface area is 208 Å². The van der Waals surface area contributed by atoms with E-state index in [0.717, 1.165) is 28.5 Å². The maximum atomic E-state index is 11.8. The van der Waals surface area contributed by atoms with Gasteiger partial charge in [0.25, 0.3) is 0 Å². The Kier molecular flexibility index (Phi) is 6.20. The topological polar surface area (TPSA) is 76.8 Å². The van der Waals surface area contributed by atoms with Gasteiger partial charge in [-0.3, -0.25) is 4.98 Å². The lowest BCUT2D eigenvalue weighted by molar-refractivity contribution is 0.0600. The maximum absolute atomic E-state index is 11.8. The molecule has 3 heterocycles. The van der Waals surface area contributed by atoms with Crippen molar-refractivity contribution in [1.82, 2.24) is 10.3 Å². The van der Waals surface area contributed by atoms with Gasteiger partial charge in [0.05, 0.1) is 31.5 Å². The van der Waals surface area contributed by atoms with E-state index < -0.39 is 0 Å². The third-order valence-corrected chi connectivity index (χ3v) is 6.25. The molecule has 0 amide bonds. The number of esters is 1. The van der Waals surface area contributed by atoms with Gasteiger partial charge in [-0.25, -0.2) is 4.79 Å². The molecule has 7 nitrogen and oxygen atoms in total. The molecule has 0 saturated carbocycles. The van der Waals surface area contributed by atoms with Crippen LogP contribution in [0.1, 0.15) is 33.9 Å². The molecule has 1 aliphatic rings. The molecule has 5 rings (SSSR count). The van der Waals surface area contributed by atoms with Crippen molar-refractivity contribution in [3.63, 3.8) is 0 Å². The lowest BCUT2D eigenvalue weighted by atomic mass is 10.0. The summed E-state index contributed by atoms with van der Waals surface area (Å²) in [7, 11) is 3.00. The van der Waals surface area contributed by atoms with Crippen molar-refractivity contribution in [3.05, 3.63) is 102 Å². The quantitative estimate of drug-likeness (QED) is 0.291. The Morgan fingerprint density at radius 3 is 2.57 bits per heavy atom. The van der Waals surface area contributed by atoms with Crippen LogP contribution in [0, 0.1) is 0 Å². The minimum absolute atomic E-state index is 0.226. The molecule has 0 spiro atoms. The summed E-state index contributed by atoms with van der Waals surface area (Å²) in [6.07, 6.45) is 1.77. The van der Waals surface area contributed by atoms with E-state index >= 15 is 0 Å². The van der Waals surface area contributed by atoms with E-state index in [1.165, 1.54) is 7.11 Å². The van der Waals surface area contributed by atoms with E-state index in [0.29, 0.717) is 16.4 Å². The second kappa shape index (κ2) is 9.60. The Morgan fingerprint density at radius 2 is 1.86 bits per heavy atom. The van der Waals surface area contributed by atoms with Gasteiger partial charge in [0.15, 0.2) is 5.11 Å². The average Bonchev–Trinajstić information content (AvgIpc) is 3.53. The first kappa shape index (κ1) is 22.6. The second-order valence-corrected chi connectivity index (χ2v) is 8.36. The van der Waals surface area contributed by atoms with Crippen LogP contribution >= 0.6 is 12.2 Å². The zero-order valence-corrected chi connectivity index (χ0v) is 20.0. The fraction of sp³-hybridized carbons (Fsp3) is 0.148. The highest BCUT2D eigenvalue weighted by Gasteiger charge is 2.42. The Morgan fingerprint density at radius 1 is 1.03 bits per heavy atom. The molecular weight excluding hydrogens is 462 g/mol. The molecule has 0 bridgehead atoms. The molecule has 4 aromatic rings. The van der Waals surface area contributed by atoms with Crippen LogP contribution in [0.2, 0.25) is 0 Å². The molecule has 2 aromatic heterocycles. The number of anilines is 1. The fourth-order valence-electron chi connectivity index (χ4n) is 4.24. The molecule has 35 heavy (non-hydrogen) atoms. The first-order chi connectivity index (χ1) is 17.1. The largest absolute Gasteiger partial charge is 0.497 e. The Balaban J connectivity index is 1.55. The van der Waals surface area contributed by atoms with Crippen LogP contribution in [0.3, 0.4) is 0 Å². The van der Waals surface area contributed by atoms with Gasteiger partial charge in [-0.1, -0.05) is 24.3 Å². The van der Waals surface area contributed by atoms with E-state index in [9.17, 15) is 4.79 Å². The standard InChI is InChI=1S/C27H23N3O4S/c1-32-20-7-5-6-19(16-20)30-25(24(29-27(30)35)21-8-3-4-15-28-21)23-14-13-22(34-23)17-9-11-18(12-10-17)26(31)33-2/h3-16,24-25H,1-2H3,(H,29,35)/t24-,25+/m0/s1. The van der Waals surface area contributed by atoms with Crippen LogP contribution in [-0.4, -0.2) is 30.3 Å². The Hall–Kier alpha value is -4.17. The van der Waals surface area contributed by atoms with E-state index in [1.807, 2.05) is 71.6 Å². The number of methoxy groups -OCH3 is 2. The number of thiocarbonyl (C=S) groups is 1. The summed E-state index contributed by atoms with van der Waals surface area (Å²) in [4.78, 5) is 18.4. The van der Waals surface area contributed by atoms with Crippen molar-refractivity contribution in [2.24, 2.45) is 0 Å². The van der Waals surface area contributed by atoms with Crippen molar-refractivity contribution in [2.45, 2.75) is 12.1 Å². The first-order valence-corrected chi connectivity index (χ1v) is 11.4. The van der Waals surface area contributed by atoms with E-state index in [-0.39, 0.29) is 18.1 Å². The summed E-state index contributed by atoms with van der Waals surface area (Å²) in [5, 5.41) is 3.99. The summed E-state index contributed by atoms with van der Waals surface area (Å²) in [6, 6.07) is 24.0. The number of benzene rings is 2. The molecule has 2 aromatic carbocycles. The smallest absolute Gasteiger partial charge is 0.337 e. The number of carbonyl (C=O) groups is 1. The highest BCUT2D eigenvalue weighted by Crippen LogP contribution is 2.43. The molecule has 176 valence electrons. The van der Waals surface area contributed by atoms with Gasteiger partial charge in [-0.2, -0.15) is 0 Å². The fourth-order valence-corrected chi connectivity index (χ4v) is 4.58. The number of carbonyl (C=O) groups excluding carboxylic acids is 1. The van der Waals surface area contributed by atoms with E-state index in [2.05, 4.69) is 10.3 Å². The van der Waals surface area contributed by atoms with Crippen molar-refractivity contribution in [2.75, 3.05) is 19.1 Å². The van der Waals surface area contributed by atoms with Gasteiger partial charge in [0.1, 0.15) is 23.3 Å². The molecular formula is C27H23N3O4S. The SMILES string of the molecule is COC(=O)c1ccc(-c2ccc([C@@H]3[C@H](c4ccccn4)NC(=S)N3c3cccc(OC)c3)o2)cc1. The van der Waals surface area contributed by atoms with Crippen molar-refractivity contribution >= 4 is 29.0 Å². The van der Waals surface area contributed by atoms with Crippen molar-refractivity contribution in [3.8, 4) is 17.1 Å². The number of nitrogens with zero attached hydrogens (tertiary/aromatic N) is 2. The average molecular weight is 486 g/mol. The number of aromatic nitrogens is 1. The molecule has 1 saturated heterocycles. The highest BCUT2D eigenvalue weighted by atomic mass is 32.1. The van der Waals surface area contributed by atoms with Crippen molar-refractivity contribution in [1.29, 1.82) is 0 Å². The van der Waals surface area contributed by atoms with E-state index in [4.69, 9.17) is 26.1 Å². The van der Waals surface area contributed by atoms with Crippen molar-refractivity contribution < 1.29 is 18.7 Å². The van der Waals surface area contributed by atoms with Crippen LogP contribution < -0.4 is 15.0 Å². The van der Waals surface area contributed by atoms with Gasteiger partial charge in [-0.15, -0.1) is 0 Å². The second-order valence-electron chi connectivity index (χ2n) is 7.97. The number of rotatable bonds is 6. The van der Waals surface area contributed by atoms with Gasteiger partial charge < -0.3 is 24.1 Å². The summed E-state index contributed by atoms with van der Waals surface area (Å²) in [5.41, 5.74) is 3.06. The summed E-state index contributed by atoms with van der Waals surface area (Å²) >= 11 is 5.77. The number of hydrogen-bond acceptors (Lipinski definition) is 6. The molecule has 8 heteroatoms. The summed E-state index contributed by atoms with van der Waals surface area (Å²) < 4.78 is 16.6. The normalized spacial score (nSPS) is 17.2. The lowest BCUT2D eigenvalue weighted by Gasteiger charge is -2.26. The monoisotopic (exact) mass is 485 g/mol. The minimum Gasteiger partial charge on any atom is -0.497 e. The number of furan rings is 1. The van der Waals surface area contributed by atoms with Crippen LogP contribution in [0.15, 0.2) is 89.5 Å². The molecule has 0 aliphatic carbocycles. The molecule has 1 N–H and O–H groups in total. The first-order valence-electron chi connectivity index (χ1n) is 11.0. The number of hydrogen-bond donors (Lipinski definition) is 1. The molecule has 0 radical (unpaired) electrons. The molecule has 0 unspecified atom stereocenters. The molecule has 2 atom stereocenters. The Bertz CT molecular complexity index is 1350. The number of ether oxygens (including phenoxy) is 2. The van der Waals surface area contributed by atoms with Crippen LogP contribution in [-0.2, 0) is 4.74 Å². The maximum Gasteiger partial charge on any atom is 0.337 e. The van der Waals surface area contributed by atoms with Crippen LogP contribution in [0.4, 0.5) is 5.69 Å². The predicted octanol–water partition coefficient (Wildman–Crippen LogP) is 5.31. The van der Waals surface area contributed by atoms with Gasteiger partial charge in [0.2, 0.25) is 0 Å².